The molecule has 0 fully saturated rings. The smallest absolute Gasteiger partial charge is 0.123 e. The summed E-state index contributed by atoms with van der Waals surface area (Å²) < 4.78 is 0. The van der Waals surface area contributed by atoms with Crippen LogP contribution in [0.5, 0.6) is 5.75 Å². The Morgan fingerprint density at radius 3 is 1.72 bits per heavy atom. The van der Waals surface area contributed by atoms with Crippen molar-refractivity contribution in [2.45, 2.75) is 72.1 Å². The van der Waals surface area contributed by atoms with Crippen LogP contribution in [0, 0.1) is 0 Å². The predicted octanol–water partition coefficient (Wildman–Crippen LogP) is 5.11. The predicted molar refractivity (Wildman–Crippen MR) is 79.6 cm³/mol. The average Bonchev–Trinajstić information content (AvgIpc) is 2.12. The molecule has 0 heterocycles. The average molecular weight is 248 g/mol. The normalized spacial score (nSPS) is 13.2. The first-order chi connectivity index (χ1) is 7.96. The second kappa shape index (κ2) is 4.60. The van der Waals surface area contributed by atoms with Gasteiger partial charge in [-0.2, -0.15) is 0 Å². The second-order valence-electron chi connectivity index (χ2n) is 7.58. The van der Waals surface area contributed by atoms with Crippen molar-refractivity contribution in [2.24, 2.45) is 0 Å². The van der Waals surface area contributed by atoms with Crippen molar-refractivity contribution < 1.29 is 5.11 Å². The zero-order chi connectivity index (χ0) is 14.3. The van der Waals surface area contributed by atoms with E-state index in [0.717, 1.165) is 11.1 Å². The Morgan fingerprint density at radius 2 is 1.39 bits per heavy atom. The maximum atomic E-state index is 10.6. The third-order valence-electron chi connectivity index (χ3n) is 3.39. The van der Waals surface area contributed by atoms with Gasteiger partial charge in [0, 0.05) is 5.56 Å². The van der Waals surface area contributed by atoms with Gasteiger partial charge in [0.2, 0.25) is 0 Å². The number of hydrogen-bond donors (Lipinski definition) is 1. The summed E-state index contributed by atoms with van der Waals surface area (Å²) in [5.41, 5.74) is 3.40. The fraction of sp³-hybridized carbons (Fsp3) is 0.647. The first kappa shape index (κ1) is 15.1. The van der Waals surface area contributed by atoms with Gasteiger partial charge in [0.15, 0.2) is 0 Å². The van der Waals surface area contributed by atoms with Crippen molar-refractivity contribution in [2.75, 3.05) is 0 Å². The van der Waals surface area contributed by atoms with Crippen molar-refractivity contribution >= 4 is 0 Å². The van der Waals surface area contributed by atoms with Crippen LogP contribution in [0.25, 0.3) is 0 Å². The molecule has 0 aliphatic heterocycles. The van der Waals surface area contributed by atoms with Crippen LogP contribution in [0.1, 0.15) is 78.0 Å². The molecule has 0 aliphatic carbocycles. The van der Waals surface area contributed by atoms with Gasteiger partial charge < -0.3 is 5.11 Å². The number of rotatable bonds is 1. The third kappa shape index (κ3) is 2.88. The molecule has 0 saturated heterocycles. The molecule has 0 amide bonds. The van der Waals surface area contributed by atoms with Crippen LogP contribution in [-0.4, -0.2) is 5.11 Å². The van der Waals surface area contributed by atoms with E-state index in [-0.39, 0.29) is 10.8 Å². The summed E-state index contributed by atoms with van der Waals surface area (Å²) in [7, 11) is 0. The second-order valence-corrected chi connectivity index (χ2v) is 7.58. The van der Waals surface area contributed by atoms with Crippen LogP contribution < -0.4 is 0 Å². The highest BCUT2D eigenvalue weighted by Crippen LogP contribution is 2.42. The molecule has 102 valence electrons. The van der Waals surface area contributed by atoms with Crippen molar-refractivity contribution in [3.63, 3.8) is 0 Å². The minimum atomic E-state index is -0.0441. The topological polar surface area (TPSA) is 20.2 Å². The van der Waals surface area contributed by atoms with Crippen molar-refractivity contribution in [1.29, 1.82) is 0 Å². The molecule has 0 radical (unpaired) electrons. The van der Waals surface area contributed by atoms with E-state index in [1.165, 1.54) is 5.56 Å². The largest absolute Gasteiger partial charge is 0.507 e. The molecule has 1 nitrogen and oxygen atoms in total. The summed E-state index contributed by atoms with van der Waals surface area (Å²) in [6.07, 6.45) is 0. The van der Waals surface area contributed by atoms with E-state index in [1.807, 2.05) is 0 Å². The first-order valence-corrected chi connectivity index (χ1v) is 6.83. The summed E-state index contributed by atoms with van der Waals surface area (Å²) in [5.74, 6) is 0.838. The molecule has 0 aliphatic rings. The Balaban J connectivity index is 3.63. The molecule has 1 aromatic carbocycles. The summed E-state index contributed by atoms with van der Waals surface area (Å²) in [5, 5.41) is 10.6. The number of aromatic hydroxyl groups is 1. The molecular formula is C17H28O. The van der Waals surface area contributed by atoms with Gasteiger partial charge in [-0.3, -0.25) is 0 Å². The van der Waals surface area contributed by atoms with E-state index in [9.17, 15) is 5.11 Å². The molecular weight excluding hydrogens is 220 g/mol. The molecule has 0 saturated carbocycles. The van der Waals surface area contributed by atoms with Crippen LogP contribution in [0.15, 0.2) is 12.1 Å². The summed E-state index contributed by atoms with van der Waals surface area (Å²) >= 11 is 0. The van der Waals surface area contributed by atoms with Gasteiger partial charge in [0.1, 0.15) is 5.75 Å². The highest BCUT2D eigenvalue weighted by Gasteiger charge is 2.29. The van der Waals surface area contributed by atoms with Crippen LogP contribution in [0.2, 0.25) is 0 Å². The van der Waals surface area contributed by atoms with E-state index < -0.39 is 0 Å². The zero-order valence-corrected chi connectivity index (χ0v) is 13.2. The fourth-order valence-electron chi connectivity index (χ4n) is 2.46. The molecule has 0 aromatic heterocycles. The lowest BCUT2D eigenvalue weighted by atomic mass is 9.73. The number of phenolic OH excluding ortho intramolecular Hbond substituents is 1. The van der Waals surface area contributed by atoms with E-state index >= 15 is 0 Å². The molecule has 0 atom stereocenters. The van der Waals surface area contributed by atoms with E-state index in [2.05, 4.69) is 67.5 Å². The Bertz CT molecular complexity index is 428. The van der Waals surface area contributed by atoms with Gasteiger partial charge in [-0.1, -0.05) is 67.5 Å². The molecule has 0 spiro atoms. The maximum Gasteiger partial charge on any atom is 0.123 e. The van der Waals surface area contributed by atoms with Gasteiger partial charge in [0.05, 0.1) is 0 Å². The SMILES string of the molecule is CC(C)c1ccc(C(C)(C)C)c(C(C)(C)C)c1O. The lowest BCUT2D eigenvalue weighted by Crippen LogP contribution is -2.22. The molecule has 1 N–H and O–H groups in total. The van der Waals surface area contributed by atoms with Crippen LogP contribution in [0.3, 0.4) is 0 Å². The zero-order valence-electron chi connectivity index (χ0n) is 13.2. The molecule has 1 aromatic rings. The highest BCUT2D eigenvalue weighted by atomic mass is 16.3. The van der Waals surface area contributed by atoms with Gasteiger partial charge in [-0.15, -0.1) is 0 Å². The van der Waals surface area contributed by atoms with Crippen LogP contribution in [0.4, 0.5) is 0 Å². The summed E-state index contributed by atoms with van der Waals surface area (Å²) in [6.45, 7) is 17.4. The van der Waals surface area contributed by atoms with Crippen LogP contribution in [-0.2, 0) is 10.8 Å². The van der Waals surface area contributed by atoms with Crippen LogP contribution >= 0.6 is 0 Å². The first-order valence-electron chi connectivity index (χ1n) is 6.83. The monoisotopic (exact) mass is 248 g/mol. The van der Waals surface area contributed by atoms with Gasteiger partial charge >= 0.3 is 0 Å². The van der Waals surface area contributed by atoms with Crippen molar-refractivity contribution in [1.82, 2.24) is 0 Å². The maximum absolute atomic E-state index is 10.6. The van der Waals surface area contributed by atoms with E-state index in [0.29, 0.717) is 11.7 Å². The molecule has 0 unspecified atom stereocenters. The quantitative estimate of drug-likeness (QED) is 0.732. The minimum absolute atomic E-state index is 0.0441. The Kier molecular flexibility index (Phi) is 3.86. The molecule has 18 heavy (non-hydrogen) atoms. The standard InChI is InChI=1S/C17H28O/c1-11(2)12-9-10-13(16(3,4)5)14(15(12)18)17(6,7)8/h9-11,18H,1-8H3. The van der Waals surface area contributed by atoms with Gasteiger partial charge in [-0.25, -0.2) is 0 Å². The highest BCUT2D eigenvalue weighted by molar-refractivity contribution is 5.52. The van der Waals surface area contributed by atoms with E-state index in [1.54, 1.807) is 0 Å². The summed E-state index contributed by atoms with van der Waals surface area (Å²) in [6, 6.07) is 4.27. The lowest BCUT2D eigenvalue weighted by Gasteiger charge is -2.32. The van der Waals surface area contributed by atoms with Gasteiger partial charge in [-0.05, 0) is 27.9 Å². The van der Waals surface area contributed by atoms with Crippen molar-refractivity contribution in [3.8, 4) is 5.75 Å². The van der Waals surface area contributed by atoms with Crippen molar-refractivity contribution in [3.05, 3.63) is 28.8 Å². The Morgan fingerprint density at radius 1 is 0.889 bits per heavy atom. The minimum Gasteiger partial charge on any atom is -0.507 e. The third-order valence-corrected chi connectivity index (χ3v) is 3.39. The number of phenols is 1. The lowest BCUT2D eigenvalue weighted by molar-refractivity contribution is 0.427. The molecule has 0 bridgehead atoms. The Hall–Kier alpha value is -0.980. The van der Waals surface area contributed by atoms with Gasteiger partial charge in [0.25, 0.3) is 0 Å². The number of hydrogen-bond acceptors (Lipinski definition) is 1. The number of benzene rings is 1. The summed E-state index contributed by atoms with van der Waals surface area (Å²) in [4.78, 5) is 0. The fourth-order valence-corrected chi connectivity index (χ4v) is 2.46. The molecule has 1 heteroatoms. The molecule has 1 rings (SSSR count). The Labute approximate surface area is 112 Å². The van der Waals surface area contributed by atoms with E-state index in [4.69, 9.17) is 0 Å².